The van der Waals surface area contributed by atoms with Crippen LogP contribution in [0.4, 0.5) is 11.9 Å². The third kappa shape index (κ3) is 3.89. The van der Waals surface area contributed by atoms with Crippen molar-refractivity contribution in [1.82, 2.24) is 15.0 Å². The standard InChI is InChI=1S/C13H18BrN5S/c1-8(2)11-16-12(18-13(17-11)19(3)4)15-7-9-5-6-10(14)20-9/h5-6,8H,7H2,1-4H3,(H,15,16,17,18). The zero-order valence-corrected chi connectivity index (χ0v) is 14.4. The molecule has 7 heteroatoms. The Hall–Kier alpha value is -1.21. The summed E-state index contributed by atoms with van der Waals surface area (Å²) in [6.45, 7) is 4.87. The first kappa shape index (κ1) is 15.2. The quantitative estimate of drug-likeness (QED) is 0.889. The van der Waals surface area contributed by atoms with Crippen LogP contribution in [0.5, 0.6) is 0 Å². The fourth-order valence-electron chi connectivity index (χ4n) is 1.53. The highest BCUT2D eigenvalue weighted by Gasteiger charge is 2.11. The molecule has 0 amide bonds. The Kier molecular flexibility index (Phi) is 4.93. The summed E-state index contributed by atoms with van der Waals surface area (Å²) < 4.78 is 1.13. The molecular weight excluding hydrogens is 338 g/mol. The molecule has 2 heterocycles. The maximum atomic E-state index is 4.47. The summed E-state index contributed by atoms with van der Waals surface area (Å²) in [7, 11) is 3.86. The molecule has 0 aliphatic carbocycles. The Morgan fingerprint density at radius 2 is 2.00 bits per heavy atom. The largest absolute Gasteiger partial charge is 0.349 e. The fourth-order valence-corrected chi connectivity index (χ4v) is 2.95. The third-order valence-corrected chi connectivity index (χ3v) is 4.23. The van der Waals surface area contributed by atoms with Gasteiger partial charge >= 0.3 is 0 Å². The van der Waals surface area contributed by atoms with E-state index in [4.69, 9.17) is 0 Å². The Bertz CT molecular complexity index is 556. The summed E-state index contributed by atoms with van der Waals surface area (Å²) in [5, 5.41) is 3.27. The lowest BCUT2D eigenvalue weighted by Crippen LogP contribution is -2.17. The maximum Gasteiger partial charge on any atom is 0.229 e. The number of thiophene rings is 1. The van der Waals surface area contributed by atoms with Gasteiger partial charge in [-0.15, -0.1) is 11.3 Å². The second kappa shape index (κ2) is 6.49. The Labute approximate surface area is 131 Å². The lowest BCUT2D eigenvalue weighted by Gasteiger charge is -2.14. The zero-order valence-electron chi connectivity index (χ0n) is 12.0. The van der Waals surface area contributed by atoms with Crippen molar-refractivity contribution in [3.8, 4) is 0 Å². The number of nitrogens with one attached hydrogen (secondary N) is 1. The minimum absolute atomic E-state index is 0.271. The van der Waals surface area contributed by atoms with Gasteiger partial charge in [0.05, 0.1) is 10.3 Å². The van der Waals surface area contributed by atoms with E-state index in [0.29, 0.717) is 18.4 Å². The predicted molar refractivity (Wildman–Crippen MR) is 87.6 cm³/mol. The average Bonchev–Trinajstić information content (AvgIpc) is 2.81. The number of nitrogens with zero attached hydrogens (tertiary/aromatic N) is 4. The van der Waals surface area contributed by atoms with Crippen LogP contribution in [0.3, 0.4) is 0 Å². The monoisotopic (exact) mass is 355 g/mol. The normalized spacial score (nSPS) is 10.9. The first-order chi connectivity index (χ1) is 9.45. The van der Waals surface area contributed by atoms with Crippen molar-refractivity contribution in [3.63, 3.8) is 0 Å². The minimum atomic E-state index is 0.271. The molecule has 108 valence electrons. The molecule has 1 N–H and O–H groups in total. The molecule has 0 aromatic carbocycles. The van der Waals surface area contributed by atoms with E-state index in [1.165, 1.54) is 4.88 Å². The van der Waals surface area contributed by atoms with Crippen molar-refractivity contribution in [1.29, 1.82) is 0 Å². The second-order valence-electron chi connectivity index (χ2n) is 4.93. The maximum absolute atomic E-state index is 4.47. The molecule has 2 rings (SSSR count). The van der Waals surface area contributed by atoms with Gasteiger partial charge in [-0.05, 0) is 28.1 Å². The summed E-state index contributed by atoms with van der Waals surface area (Å²) in [5.41, 5.74) is 0. The van der Waals surface area contributed by atoms with Crippen LogP contribution in [-0.4, -0.2) is 29.0 Å². The van der Waals surface area contributed by atoms with Gasteiger partial charge in [0.15, 0.2) is 0 Å². The summed E-state index contributed by atoms with van der Waals surface area (Å²) in [5.74, 6) is 2.38. The molecule has 0 bridgehead atoms. The second-order valence-corrected chi connectivity index (χ2v) is 7.47. The van der Waals surface area contributed by atoms with Crippen molar-refractivity contribution in [2.75, 3.05) is 24.3 Å². The Morgan fingerprint density at radius 3 is 2.55 bits per heavy atom. The number of hydrogen-bond donors (Lipinski definition) is 1. The molecular formula is C13H18BrN5S. The molecule has 0 atom stereocenters. The van der Waals surface area contributed by atoms with E-state index in [2.05, 4.69) is 56.1 Å². The van der Waals surface area contributed by atoms with Gasteiger partial charge < -0.3 is 10.2 Å². The Balaban J connectivity index is 2.17. The highest BCUT2D eigenvalue weighted by molar-refractivity contribution is 9.11. The van der Waals surface area contributed by atoms with Gasteiger partial charge in [-0.3, -0.25) is 0 Å². The predicted octanol–water partition coefficient (Wildman–Crippen LogP) is 3.50. The van der Waals surface area contributed by atoms with Gasteiger partial charge in [0.1, 0.15) is 5.82 Å². The smallest absolute Gasteiger partial charge is 0.229 e. The van der Waals surface area contributed by atoms with Crippen LogP contribution in [0, 0.1) is 0 Å². The van der Waals surface area contributed by atoms with Crippen LogP contribution >= 0.6 is 27.3 Å². The summed E-state index contributed by atoms with van der Waals surface area (Å²) in [4.78, 5) is 16.5. The van der Waals surface area contributed by atoms with Crippen LogP contribution in [0.25, 0.3) is 0 Å². The molecule has 20 heavy (non-hydrogen) atoms. The van der Waals surface area contributed by atoms with Gasteiger partial charge in [-0.1, -0.05) is 13.8 Å². The van der Waals surface area contributed by atoms with Gasteiger partial charge in [0.2, 0.25) is 11.9 Å². The average molecular weight is 356 g/mol. The van der Waals surface area contributed by atoms with E-state index in [1.54, 1.807) is 11.3 Å². The molecule has 0 aliphatic rings. The van der Waals surface area contributed by atoms with Crippen molar-refractivity contribution in [3.05, 3.63) is 26.6 Å². The van der Waals surface area contributed by atoms with E-state index >= 15 is 0 Å². The molecule has 2 aromatic heterocycles. The van der Waals surface area contributed by atoms with E-state index in [0.717, 1.165) is 9.61 Å². The van der Waals surface area contributed by atoms with Crippen LogP contribution < -0.4 is 10.2 Å². The van der Waals surface area contributed by atoms with Crippen molar-refractivity contribution in [2.24, 2.45) is 0 Å². The number of rotatable bonds is 5. The van der Waals surface area contributed by atoms with E-state index in [-0.39, 0.29) is 5.92 Å². The Morgan fingerprint density at radius 1 is 1.25 bits per heavy atom. The zero-order chi connectivity index (χ0) is 14.7. The molecule has 0 radical (unpaired) electrons. The lowest BCUT2D eigenvalue weighted by atomic mass is 10.2. The topological polar surface area (TPSA) is 53.9 Å². The van der Waals surface area contributed by atoms with Gasteiger partial charge in [-0.2, -0.15) is 15.0 Å². The first-order valence-corrected chi connectivity index (χ1v) is 7.98. The molecule has 5 nitrogen and oxygen atoms in total. The van der Waals surface area contributed by atoms with Gasteiger partial charge in [-0.25, -0.2) is 0 Å². The SMILES string of the molecule is CC(C)c1nc(NCc2ccc(Br)s2)nc(N(C)C)n1. The van der Waals surface area contributed by atoms with Crippen LogP contribution in [0.1, 0.15) is 30.5 Å². The number of aromatic nitrogens is 3. The lowest BCUT2D eigenvalue weighted by molar-refractivity contribution is 0.754. The fraction of sp³-hybridized carbons (Fsp3) is 0.462. The van der Waals surface area contributed by atoms with E-state index in [9.17, 15) is 0 Å². The van der Waals surface area contributed by atoms with Gasteiger partial charge in [0, 0.05) is 24.9 Å². The molecule has 0 unspecified atom stereocenters. The molecule has 0 fully saturated rings. The molecule has 0 aliphatic heterocycles. The van der Waals surface area contributed by atoms with Crippen LogP contribution in [-0.2, 0) is 6.54 Å². The molecule has 0 spiro atoms. The number of anilines is 2. The summed E-state index contributed by atoms with van der Waals surface area (Å²) in [6, 6.07) is 4.12. The van der Waals surface area contributed by atoms with Crippen molar-refractivity contribution in [2.45, 2.75) is 26.3 Å². The van der Waals surface area contributed by atoms with E-state index < -0.39 is 0 Å². The minimum Gasteiger partial charge on any atom is -0.349 e. The van der Waals surface area contributed by atoms with Crippen LogP contribution in [0.2, 0.25) is 0 Å². The summed E-state index contributed by atoms with van der Waals surface area (Å²) in [6.07, 6.45) is 0. The highest BCUT2D eigenvalue weighted by Crippen LogP contribution is 2.23. The van der Waals surface area contributed by atoms with Crippen molar-refractivity contribution >= 4 is 39.2 Å². The third-order valence-electron chi connectivity index (χ3n) is 2.61. The van der Waals surface area contributed by atoms with Crippen molar-refractivity contribution < 1.29 is 0 Å². The summed E-state index contributed by atoms with van der Waals surface area (Å²) >= 11 is 5.16. The van der Waals surface area contributed by atoms with Crippen LogP contribution in [0.15, 0.2) is 15.9 Å². The molecule has 2 aromatic rings. The first-order valence-electron chi connectivity index (χ1n) is 6.37. The number of halogens is 1. The van der Waals surface area contributed by atoms with E-state index in [1.807, 2.05) is 25.1 Å². The number of hydrogen-bond acceptors (Lipinski definition) is 6. The highest BCUT2D eigenvalue weighted by atomic mass is 79.9. The molecule has 0 saturated carbocycles. The van der Waals surface area contributed by atoms with Gasteiger partial charge in [0.25, 0.3) is 0 Å². The molecule has 0 saturated heterocycles.